The predicted octanol–water partition coefficient (Wildman–Crippen LogP) is 4.20. The molecule has 24 heavy (non-hydrogen) atoms. The van der Waals surface area contributed by atoms with Crippen LogP contribution in [0.5, 0.6) is 0 Å². The molecule has 0 saturated carbocycles. The standard InChI is InChI=1S/C18H21ClN4O/c1-12-6-7-15(11-20-12)22-17-16(19)9-14(10-21-17)18(24)23-8-4-3-5-13(23)2/h6-7,9-11,13H,3-5,8H2,1-2H3,(H,21,22)/t13-/m1/s1. The van der Waals surface area contributed by atoms with Crippen molar-refractivity contribution in [2.75, 3.05) is 11.9 Å². The minimum atomic E-state index is 0.000141. The summed E-state index contributed by atoms with van der Waals surface area (Å²) >= 11 is 6.31. The smallest absolute Gasteiger partial charge is 0.255 e. The molecule has 1 N–H and O–H groups in total. The molecule has 3 rings (SSSR count). The molecule has 1 aliphatic rings. The minimum absolute atomic E-state index is 0.000141. The van der Waals surface area contributed by atoms with E-state index in [1.165, 1.54) is 6.42 Å². The van der Waals surface area contributed by atoms with Crippen LogP contribution in [0.1, 0.15) is 42.2 Å². The zero-order chi connectivity index (χ0) is 17.1. The molecule has 3 heterocycles. The van der Waals surface area contributed by atoms with Crippen LogP contribution in [-0.2, 0) is 0 Å². The van der Waals surface area contributed by atoms with E-state index in [9.17, 15) is 4.79 Å². The van der Waals surface area contributed by atoms with Crippen LogP contribution in [0.3, 0.4) is 0 Å². The number of hydrogen-bond acceptors (Lipinski definition) is 4. The van der Waals surface area contributed by atoms with Crippen molar-refractivity contribution in [2.45, 2.75) is 39.2 Å². The van der Waals surface area contributed by atoms with Gasteiger partial charge < -0.3 is 10.2 Å². The van der Waals surface area contributed by atoms with E-state index in [0.29, 0.717) is 16.4 Å². The molecule has 1 fully saturated rings. The fourth-order valence-corrected chi connectivity index (χ4v) is 3.10. The SMILES string of the molecule is Cc1ccc(Nc2ncc(C(=O)N3CCCC[C@H]3C)cc2Cl)cn1. The van der Waals surface area contributed by atoms with Gasteiger partial charge in [0.05, 0.1) is 22.5 Å². The predicted molar refractivity (Wildman–Crippen MR) is 95.9 cm³/mol. The lowest BCUT2D eigenvalue weighted by Gasteiger charge is -2.33. The van der Waals surface area contributed by atoms with Gasteiger partial charge in [0.25, 0.3) is 5.91 Å². The number of nitrogens with zero attached hydrogens (tertiary/aromatic N) is 3. The summed E-state index contributed by atoms with van der Waals surface area (Å²) in [6.07, 6.45) is 6.59. The summed E-state index contributed by atoms with van der Waals surface area (Å²) in [6.45, 7) is 4.82. The van der Waals surface area contributed by atoms with Crippen LogP contribution in [0.4, 0.5) is 11.5 Å². The molecule has 0 bridgehead atoms. The van der Waals surface area contributed by atoms with Gasteiger partial charge in [0, 0.05) is 24.5 Å². The first kappa shape index (κ1) is 16.7. The fraction of sp³-hybridized carbons (Fsp3) is 0.389. The Morgan fingerprint density at radius 3 is 2.79 bits per heavy atom. The third-order valence-corrected chi connectivity index (χ3v) is 4.61. The van der Waals surface area contributed by atoms with Gasteiger partial charge >= 0.3 is 0 Å². The third kappa shape index (κ3) is 3.67. The molecular formula is C18H21ClN4O. The van der Waals surface area contributed by atoms with Crippen LogP contribution in [0.25, 0.3) is 0 Å². The van der Waals surface area contributed by atoms with Gasteiger partial charge in [0.1, 0.15) is 5.82 Å². The van der Waals surface area contributed by atoms with Crippen molar-refractivity contribution >= 4 is 29.0 Å². The molecule has 1 saturated heterocycles. The lowest BCUT2D eigenvalue weighted by atomic mass is 10.0. The number of hydrogen-bond donors (Lipinski definition) is 1. The Labute approximate surface area is 147 Å². The van der Waals surface area contributed by atoms with E-state index in [-0.39, 0.29) is 11.9 Å². The maximum Gasteiger partial charge on any atom is 0.255 e. The Morgan fingerprint density at radius 2 is 2.12 bits per heavy atom. The number of piperidine rings is 1. The Bertz CT molecular complexity index is 732. The summed E-state index contributed by atoms with van der Waals surface area (Å²) in [6, 6.07) is 5.77. The number of anilines is 2. The molecule has 1 atom stereocenters. The highest BCUT2D eigenvalue weighted by Gasteiger charge is 2.24. The first-order valence-corrected chi connectivity index (χ1v) is 8.58. The highest BCUT2D eigenvalue weighted by atomic mass is 35.5. The number of likely N-dealkylation sites (tertiary alicyclic amines) is 1. The van der Waals surface area contributed by atoms with Gasteiger partial charge in [-0.1, -0.05) is 11.6 Å². The molecule has 0 spiro atoms. The largest absolute Gasteiger partial charge is 0.338 e. The number of carbonyl (C=O) groups excluding carboxylic acids is 1. The summed E-state index contributed by atoms with van der Waals surface area (Å²) in [5.74, 6) is 0.519. The van der Waals surface area contributed by atoms with Gasteiger partial charge in [0.2, 0.25) is 0 Å². The molecule has 2 aromatic heterocycles. The molecule has 1 amide bonds. The monoisotopic (exact) mass is 344 g/mol. The number of nitrogens with one attached hydrogen (secondary N) is 1. The average Bonchev–Trinajstić information content (AvgIpc) is 2.58. The van der Waals surface area contributed by atoms with Crippen molar-refractivity contribution in [3.63, 3.8) is 0 Å². The summed E-state index contributed by atoms with van der Waals surface area (Å²) in [4.78, 5) is 23.1. The van der Waals surface area contributed by atoms with Gasteiger partial charge in [0.15, 0.2) is 0 Å². The maximum absolute atomic E-state index is 12.7. The molecule has 0 unspecified atom stereocenters. The van der Waals surface area contributed by atoms with Gasteiger partial charge in [-0.2, -0.15) is 0 Å². The van der Waals surface area contributed by atoms with Crippen molar-refractivity contribution < 1.29 is 4.79 Å². The van der Waals surface area contributed by atoms with E-state index in [2.05, 4.69) is 22.2 Å². The van der Waals surface area contributed by atoms with Crippen LogP contribution in [-0.4, -0.2) is 33.4 Å². The van der Waals surface area contributed by atoms with E-state index >= 15 is 0 Å². The lowest BCUT2D eigenvalue weighted by molar-refractivity contribution is 0.0635. The molecule has 2 aromatic rings. The minimum Gasteiger partial charge on any atom is -0.338 e. The van der Waals surface area contributed by atoms with Crippen molar-refractivity contribution in [3.8, 4) is 0 Å². The molecule has 0 radical (unpaired) electrons. The summed E-state index contributed by atoms with van der Waals surface area (Å²) in [5, 5.41) is 3.55. The second kappa shape index (κ2) is 7.18. The first-order chi connectivity index (χ1) is 11.5. The molecule has 6 heteroatoms. The van der Waals surface area contributed by atoms with E-state index < -0.39 is 0 Å². The number of halogens is 1. The van der Waals surface area contributed by atoms with E-state index in [4.69, 9.17) is 11.6 Å². The number of aromatic nitrogens is 2. The molecule has 0 aromatic carbocycles. The van der Waals surface area contributed by atoms with Crippen LogP contribution in [0, 0.1) is 6.92 Å². The van der Waals surface area contributed by atoms with Gasteiger partial charge in [-0.05, 0) is 51.3 Å². The lowest BCUT2D eigenvalue weighted by Crippen LogP contribution is -2.42. The Hall–Kier alpha value is -2.14. The summed E-state index contributed by atoms with van der Waals surface area (Å²) < 4.78 is 0. The van der Waals surface area contributed by atoms with Crippen molar-refractivity contribution in [2.24, 2.45) is 0 Å². The topological polar surface area (TPSA) is 58.1 Å². The van der Waals surface area contributed by atoms with Gasteiger partial charge in [-0.15, -0.1) is 0 Å². The number of aryl methyl sites for hydroxylation is 1. The molecule has 5 nitrogen and oxygen atoms in total. The zero-order valence-electron chi connectivity index (χ0n) is 13.9. The van der Waals surface area contributed by atoms with Crippen LogP contribution < -0.4 is 5.32 Å². The third-order valence-electron chi connectivity index (χ3n) is 4.33. The second-order valence-corrected chi connectivity index (χ2v) is 6.62. The van der Waals surface area contributed by atoms with Crippen LogP contribution >= 0.6 is 11.6 Å². The van der Waals surface area contributed by atoms with Gasteiger partial charge in [-0.3, -0.25) is 9.78 Å². The van der Waals surface area contributed by atoms with Crippen LogP contribution in [0.15, 0.2) is 30.6 Å². The van der Waals surface area contributed by atoms with E-state index in [1.54, 1.807) is 18.5 Å². The number of carbonyl (C=O) groups is 1. The fourth-order valence-electron chi connectivity index (χ4n) is 2.89. The highest BCUT2D eigenvalue weighted by Crippen LogP contribution is 2.26. The first-order valence-electron chi connectivity index (χ1n) is 8.21. The average molecular weight is 345 g/mol. The maximum atomic E-state index is 12.7. The molecule has 1 aliphatic heterocycles. The Kier molecular flexibility index (Phi) is 5.00. The number of pyridine rings is 2. The van der Waals surface area contributed by atoms with Crippen molar-refractivity contribution in [3.05, 3.63) is 46.9 Å². The number of rotatable bonds is 3. The Balaban J connectivity index is 1.76. The normalized spacial score (nSPS) is 17.6. The molecular weight excluding hydrogens is 324 g/mol. The van der Waals surface area contributed by atoms with Crippen LogP contribution in [0.2, 0.25) is 5.02 Å². The highest BCUT2D eigenvalue weighted by molar-refractivity contribution is 6.33. The molecule has 0 aliphatic carbocycles. The zero-order valence-corrected chi connectivity index (χ0v) is 14.7. The number of amides is 1. The summed E-state index contributed by atoms with van der Waals surface area (Å²) in [5.41, 5.74) is 2.27. The molecule has 126 valence electrons. The quantitative estimate of drug-likeness (QED) is 0.906. The second-order valence-electron chi connectivity index (χ2n) is 6.21. The Morgan fingerprint density at radius 1 is 1.29 bits per heavy atom. The van der Waals surface area contributed by atoms with Crippen molar-refractivity contribution in [1.82, 2.24) is 14.9 Å². The van der Waals surface area contributed by atoms with E-state index in [0.717, 1.165) is 30.8 Å². The van der Waals surface area contributed by atoms with Crippen molar-refractivity contribution in [1.29, 1.82) is 0 Å². The summed E-state index contributed by atoms with van der Waals surface area (Å²) in [7, 11) is 0. The van der Waals surface area contributed by atoms with E-state index in [1.807, 2.05) is 24.0 Å². The van der Waals surface area contributed by atoms with Gasteiger partial charge in [-0.25, -0.2) is 4.98 Å².